The lowest BCUT2D eigenvalue weighted by molar-refractivity contribution is 0.236. The number of furan rings is 1. The van der Waals surface area contributed by atoms with Gasteiger partial charge in [0.05, 0.1) is 6.61 Å². The highest BCUT2D eigenvalue weighted by atomic mass is 32.2. The van der Waals surface area contributed by atoms with Crippen molar-refractivity contribution in [2.75, 3.05) is 12.9 Å². The average Bonchev–Trinajstić information content (AvgIpc) is 2.79. The van der Waals surface area contributed by atoms with Crippen molar-refractivity contribution < 1.29 is 23.0 Å². The second kappa shape index (κ2) is 6.58. The summed E-state index contributed by atoms with van der Waals surface area (Å²) >= 11 is 1.38. The van der Waals surface area contributed by atoms with Crippen LogP contribution in [0.25, 0.3) is 0 Å². The monoisotopic (exact) mass is 295 g/mol. The van der Waals surface area contributed by atoms with Gasteiger partial charge < -0.3 is 14.6 Å². The lowest BCUT2D eigenvalue weighted by Crippen LogP contribution is -2.41. The fourth-order valence-electron chi connectivity index (χ4n) is 1.40. The number of aliphatic hydroxyl groups is 2. The molecule has 6 nitrogen and oxygen atoms in total. The van der Waals surface area contributed by atoms with Crippen molar-refractivity contribution >= 4 is 21.8 Å². The second-order valence-electron chi connectivity index (χ2n) is 3.75. The SMILES string of the molecule is CSC(CO)C(C)NS(=O)(=O)c1ccc(CO)o1. The van der Waals surface area contributed by atoms with Crippen molar-refractivity contribution in [2.45, 2.75) is 29.9 Å². The molecule has 1 aromatic heterocycles. The third-order valence-electron chi connectivity index (χ3n) is 2.44. The molecule has 3 N–H and O–H groups in total. The van der Waals surface area contributed by atoms with Crippen LogP contribution in [0.2, 0.25) is 0 Å². The molecule has 0 saturated carbocycles. The van der Waals surface area contributed by atoms with Crippen LogP contribution >= 0.6 is 11.8 Å². The van der Waals surface area contributed by atoms with E-state index in [9.17, 15) is 8.42 Å². The maximum atomic E-state index is 11.9. The van der Waals surface area contributed by atoms with E-state index in [-0.39, 0.29) is 29.3 Å². The van der Waals surface area contributed by atoms with Crippen LogP contribution in [-0.2, 0) is 16.6 Å². The first-order valence-corrected chi connectivity index (χ1v) is 8.07. The molecule has 0 fully saturated rings. The molecule has 1 heterocycles. The Morgan fingerprint density at radius 1 is 1.44 bits per heavy atom. The molecule has 0 amide bonds. The van der Waals surface area contributed by atoms with E-state index in [1.807, 2.05) is 0 Å². The van der Waals surface area contributed by atoms with Gasteiger partial charge >= 0.3 is 0 Å². The van der Waals surface area contributed by atoms with Gasteiger partial charge in [0.2, 0.25) is 5.09 Å². The fraction of sp³-hybridized carbons (Fsp3) is 0.600. The molecule has 2 unspecified atom stereocenters. The van der Waals surface area contributed by atoms with E-state index in [0.29, 0.717) is 0 Å². The Morgan fingerprint density at radius 2 is 2.11 bits per heavy atom. The highest BCUT2D eigenvalue weighted by molar-refractivity contribution is 7.99. The Labute approximate surface area is 110 Å². The van der Waals surface area contributed by atoms with Crippen molar-refractivity contribution in [3.8, 4) is 0 Å². The number of nitrogens with one attached hydrogen (secondary N) is 1. The summed E-state index contributed by atoms with van der Waals surface area (Å²) in [6.07, 6.45) is 1.79. The van der Waals surface area contributed by atoms with Crippen molar-refractivity contribution in [1.29, 1.82) is 0 Å². The minimum atomic E-state index is -3.77. The normalized spacial score (nSPS) is 15.6. The maximum absolute atomic E-state index is 11.9. The third kappa shape index (κ3) is 3.72. The summed E-state index contributed by atoms with van der Waals surface area (Å²) in [5.41, 5.74) is 0. The number of sulfonamides is 1. The van der Waals surface area contributed by atoms with Crippen LogP contribution in [0.5, 0.6) is 0 Å². The number of rotatable bonds is 7. The molecule has 104 valence electrons. The van der Waals surface area contributed by atoms with Crippen molar-refractivity contribution in [3.63, 3.8) is 0 Å². The summed E-state index contributed by atoms with van der Waals surface area (Å²) in [6, 6.07) is 2.25. The van der Waals surface area contributed by atoms with Gasteiger partial charge in [-0.15, -0.1) is 0 Å². The van der Waals surface area contributed by atoms with E-state index in [4.69, 9.17) is 14.6 Å². The van der Waals surface area contributed by atoms with Gasteiger partial charge in [0, 0.05) is 11.3 Å². The zero-order valence-electron chi connectivity index (χ0n) is 10.2. The summed E-state index contributed by atoms with van der Waals surface area (Å²) in [5.74, 6) is 0.187. The zero-order valence-corrected chi connectivity index (χ0v) is 11.8. The van der Waals surface area contributed by atoms with E-state index in [1.54, 1.807) is 13.2 Å². The Morgan fingerprint density at radius 3 is 2.56 bits per heavy atom. The van der Waals surface area contributed by atoms with E-state index >= 15 is 0 Å². The van der Waals surface area contributed by atoms with Crippen LogP contribution in [-0.4, -0.2) is 42.8 Å². The van der Waals surface area contributed by atoms with Gasteiger partial charge in [-0.05, 0) is 25.3 Å². The molecular formula is C10H17NO5S2. The summed E-state index contributed by atoms with van der Waals surface area (Å²) in [7, 11) is -3.77. The van der Waals surface area contributed by atoms with E-state index in [1.165, 1.54) is 23.9 Å². The Balaban J connectivity index is 2.81. The van der Waals surface area contributed by atoms with Crippen molar-refractivity contribution in [3.05, 3.63) is 17.9 Å². The van der Waals surface area contributed by atoms with Gasteiger partial charge in [0.15, 0.2) is 0 Å². The topological polar surface area (TPSA) is 99.8 Å². The fourth-order valence-corrected chi connectivity index (χ4v) is 3.35. The van der Waals surface area contributed by atoms with Gasteiger partial charge in [-0.3, -0.25) is 0 Å². The second-order valence-corrected chi connectivity index (χ2v) is 6.47. The molecule has 0 spiro atoms. The summed E-state index contributed by atoms with van der Waals surface area (Å²) in [6.45, 7) is 1.20. The Kier molecular flexibility index (Phi) is 5.67. The maximum Gasteiger partial charge on any atom is 0.274 e. The lowest BCUT2D eigenvalue weighted by Gasteiger charge is -2.20. The number of thioether (sulfide) groups is 1. The molecular weight excluding hydrogens is 278 g/mol. The predicted octanol–water partition coefficient (Wildman–Crippen LogP) is 0.163. The Hall–Kier alpha value is -0.540. The predicted molar refractivity (Wildman–Crippen MR) is 68.8 cm³/mol. The van der Waals surface area contributed by atoms with Crippen LogP contribution in [0, 0.1) is 0 Å². The molecule has 1 aromatic rings. The van der Waals surface area contributed by atoms with Crippen LogP contribution < -0.4 is 4.72 Å². The van der Waals surface area contributed by atoms with Crippen LogP contribution in [0.1, 0.15) is 12.7 Å². The molecule has 18 heavy (non-hydrogen) atoms. The largest absolute Gasteiger partial charge is 0.446 e. The standard InChI is InChI=1S/C10H17NO5S2/c1-7(9(6-13)17-2)11-18(14,15)10-4-3-8(5-12)16-10/h3-4,7,9,11-13H,5-6H2,1-2H3. The third-order valence-corrected chi connectivity index (χ3v) is 5.03. The molecule has 0 aliphatic carbocycles. The first-order valence-electron chi connectivity index (χ1n) is 5.30. The number of aliphatic hydroxyl groups excluding tert-OH is 2. The first kappa shape index (κ1) is 15.5. The average molecular weight is 295 g/mol. The van der Waals surface area contributed by atoms with Crippen LogP contribution in [0.15, 0.2) is 21.6 Å². The molecule has 0 radical (unpaired) electrons. The van der Waals surface area contributed by atoms with Gasteiger partial charge in [-0.25, -0.2) is 13.1 Å². The molecule has 8 heteroatoms. The number of hydrogen-bond donors (Lipinski definition) is 3. The van der Waals surface area contributed by atoms with Gasteiger partial charge in [-0.2, -0.15) is 11.8 Å². The molecule has 0 saturated heterocycles. The van der Waals surface area contributed by atoms with Gasteiger partial charge in [-0.1, -0.05) is 0 Å². The molecule has 1 rings (SSSR count). The molecule has 0 aromatic carbocycles. The molecule has 0 aliphatic rings. The molecule has 0 aliphatic heterocycles. The van der Waals surface area contributed by atoms with E-state index in [0.717, 1.165) is 0 Å². The Bertz CT molecular complexity index is 466. The summed E-state index contributed by atoms with van der Waals surface area (Å²) in [5, 5.41) is 17.4. The van der Waals surface area contributed by atoms with Crippen LogP contribution in [0.3, 0.4) is 0 Å². The van der Waals surface area contributed by atoms with Gasteiger partial charge in [0.1, 0.15) is 12.4 Å². The lowest BCUT2D eigenvalue weighted by atomic mass is 10.3. The van der Waals surface area contributed by atoms with Crippen molar-refractivity contribution in [1.82, 2.24) is 4.72 Å². The first-order chi connectivity index (χ1) is 8.44. The quantitative estimate of drug-likeness (QED) is 0.663. The minimum absolute atomic E-state index is 0.120. The van der Waals surface area contributed by atoms with Crippen LogP contribution in [0.4, 0.5) is 0 Å². The van der Waals surface area contributed by atoms with Gasteiger partial charge in [0.25, 0.3) is 10.0 Å². The van der Waals surface area contributed by atoms with E-state index in [2.05, 4.69) is 4.72 Å². The smallest absolute Gasteiger partial charge is 0.274 e. The molecule has 2 atom stereocenters. The van der Waals surface area contributed by atoms with E-state index < -0.39 is 16.1 Å². The van der Waals surface area contributed by atoms with Crippen molar-refractivity contribution in [2.24, 2.45) is 0 Å². The highest BCUT2D eigenvalue weighted by Crippen LogP contribution is 2.17. The molecule has 0 bridgehead atoms. The highest BCUT2D eigenvalue weighted by Gasteiger charge is 2.25. The minimum Gasteiger partial charge on any atom is -0.446 e. The summed E-state index contributed by atoms with van der Waals surface area (Å²) < 4.78 is 31.3. The number of hydrogen-bond acceptors (Lipinski definition) is 6. The summed E-state index contributed by atoms with van der Waals surface area (Å²) in [4.78, 5) is 0. The zero-order chi connectivity index (χ0) is 13.8.